The van der Waals surface area contributed by atoms with Gasteiger partial charge in [-0.25, -0.2) is 0 Å². The lowest BCUT2D eigenvalue weighted by Crippen LogP contribution is -2.12. The first-order valence-electron chi connectivity index (χ1n) is 6.68. The molecule has 1 unspecified atom stereocenters. The van der Waals surface area contributed by atoms with E-state index in [-0.39, 0.29) is 23.3 Å². The average molecular weight is 267 g/mol. The van der Waals surface area contributed by atoms with Crippen molar-refractivity contribution in [2.24, 2.45) is 0 Å². The molecule has 1 N–H and O–H groups in total. The summed E-state index contributed by atoms with van der Waals surface area (Å²) in [6.45, 7) is 4.06. The van der Waals surface area contributed by atoms with Crippen molar-refractivity contribution < 1.29 is 14.8 Å². The SMILES string of the molecule is CCCCCCC(C)Oc1ccc(O)cc1[N+](=O)[O-]. The highest BCUT2D eigenvalue weighted by Gasteiger charge is 2.17. The van der Waals surface area contributed by atoms with Gasteiger partial charge >= 0.3 is 5.69 Å². The van der Waals surface area contributed by atoms with Gasteiger partial charge in [0.1, 0.15) is 5.75 Å². The number of rotatable bonds is 8. The van der Waals surface area contributed by atoms with Crippen molar-refractivity contribution in [3.63, 3.8) is 0 Å². The fourth-order valence-electron chi connectivity index (χ4n) is 1.88. The van der Waals surface area contributed by atoms with Crippen molar-refractivity contribution in [2.45, 2.75) is 52.1 Å². The lowest BCUT2D eigenvalue weighted by Gasteiger charge is -2.14. The van der Waals surface area contributed by atoms with E-state index in [1.165, 1.54) is 25.0 Å². The normalized spacial score (nSPS) is 12.1. The summed E-state index contributed by atoms with van der Waals surface area (Å²) < 4.78 is 5.59. The number of aromatic hydroxyl groups is 1. The molecule has 1 rings (SSSR count). The maximum Gasteiger partial charge on any atom is 0.314 e. The number of benzene rings is 1. The van der Waals surface area contributed by atoms with Crippen LogP contribution in [-0.4, -0.2) is 16.1 Å². The number of ether oxygens (including phenoxy) is 1. The zero-order chi connectivity index (χ0) is 14.3. The first-order valence-corrected chi connectivity index (χ1v) is 6.68. The van der Waals surface area contributed by atoms with Gasteiger partial charge in [-0.2, -0.15) is 0 Å². The minimum atomic E-state index is -0.543. The quantitative estimate of drug-likeness (QED) is 0.438. The molecule has 1 atom stereocenters. The predicted molar refractivity (Wildman–Crippen MR) is 73.6 cm³/mol. The second kappa shape index (κ2) is 7.61. The van der Waals surface area contributed by atoms with Gasteiger partial charge < -0.3 is 9.84 Å². The summed E-state index contributed by atoms with van der Waals surface area (Å²) >= 11 is 0. The smallest absolute Gasteiger partial charge is 0.314 e. The second-order valence-corrected chi connectivity index (χ2v) is 4.69. The van der Waals surface area contributed by atoms with E-state index in [0.717, 1.165) is 25.3 Å². The van der Waals surface area contributed by atoms with Crippen molar-refractivity contribution in [1.29, 1.82) is 0 Å². The van der Waals surface area contributed by atoms with E-state index in [4.69, 9.17) is 4.74 Å². The zero-order valence-corrected chi connectivity index (χ0v) is 11.5. The molecule has 106 valence electrons. The molecule has 0 aromatic heterocycles. The number of nitro benzene ring substituents is 1. The summed E-state index contributed by atoms with van der Waals surface area (Å²) in [6.07, 6.45) is 5.39. The maximum absolute atomic E-state index is 10.9. The predicted octanol–water partition coefficient (Wildman–Crippen LogP) is 4.04. The van der Waals surface area contributed by atoms with Crippen molar-refractivity contribution in [3.05, 3.63) is 28.3 Å². The topological polar surface area (TPSA) is 72.6 Å². The Hall–Kier alpha value is -1.78. The van der Waals surface area contributed by atoms with Crippen LogP contribution < -0.4 is 4.74 Å². The summed E-state index contributed by atoms with van der Waals surface area (Å²) in [4.78, 5) is 10.3. The van der Waals surface area contributed by atoms with E-state index in [1.54, 1.807) is 0 Å². The molecule has 1 aromatic carbocycles. The molecule has 5 heteroatoms. The van der Waals surface area contributed by atoms with E-state index in [1.807, 2.05) is 6.92 Å². The molecule has 5 nitrogen and oxygen atoms in total. The number of hydrogen-bond donors (Lipinski definition) is 1. The van der Waals surface area contributed by atoms with Gasteiger partial charge in [0.2, 0.25) is 0 Å². The number of nitro groups is 1. The van der Waals surface area contributed by atoms with Gasteiger partial charge in [-0.3, -0.25) is 10.1 Å². The summed E-state index contributed by atoms with van der Waals surface area (Å²) in [5, 5.41) is 20.1. The molecule has 0 bridgehead atoms. The Labute approximate surface area is 113 Å². The van der Waals surface area contributed by atoms with Crippen LogP contribution in [0, 0.1) is 10.1 Å². The lowest BCUT2D eigenvalue weighted by molar-refractivity contribution is -0.386. The minimum Gasteiger partial charge on any atom is -0.508 e. The number of unbranched alkanes of at least 4 members (excludes halogenated alkanes) is 3. The van der Waals surface area contributed by atoms with Crippen molar-refractivity contribution in [1.82, 2.24) is 0 Å². The van der Waals surface area contributed by atoms with E-state index < -0.39 is 4.92 Å². The summed E-state index contributed by atoms with van der Waals surface area (Å²) in [5.74, 6) is 0.0837. The molecule has 0 amide bonds. The van der Waals surface area contributed by atoms with Gasteiger partial charge in [0, 0.05) is 0 Å². The number of nitrogens with zero attached hydrogens (tertiary/aromatic N) is 1. The largest absolute Gasteiger partial charge is 0.508 e. The van der Waals surface area contributed by atoms with Crippen LogP contribution in [0.15, 0.2) is 18.2 Å². The average Bonchev–Trinajstić information content (AvgIpc) is 2.36. The van der Waals surface area contributed by atoms with Crippen LogP contribution in [0.4, 0.5) is 5.69 Å². The number of hydrogen-bond acceptors (Lipinski definition) is 4. The Morgan fingerprint density at radius 1 is 1.37 bits per heavy atom. The summed E-state index contributed by atoms with van der Waals surface area (Å²) in [5.41, 5.74) is -0.194. The van der Waals surface area contributed by atoms with E-state index in [9.17, 15) is 15.2 Å². The summed E-state index contributed by atoms with van der Waals surface area (Å²) in [6, 6.07) is 3.95. The molecule has 0 spiro atoms. The lowest BCUT2D eigenvalue weighted by atomic mass is 10.1. The van der Waals surface area contributed by atoms with E-state index in [0.29, 0.717) is 0 Å². The van der Waals surface area contributed by atoms with Crippen LogP contribution in [0.25, 0.3) is 0 Å². The monoisotopic (exact) mass is 267 g/mol. The molecule has 0 aliphatic rings. The van der Waals surface area contributed by atoms with Crippen LogP contribution in [-0.2, 0) is 0 Å². The molecule has 19 heavy (non-hydrogen) atoms. The Balaban J connectivity index is 2.58. The highest BCUT2D eigenvalue weighted by molar-refractivity contribution is 5.50. The van der Waals surface area contributed by atoms with Gasteiger partial charge in [-0.05, 0) is 31.9 Å². The van der Waals surface area contributed by atoms with Gasteiger partial charge in [0.25, 0.3) is 0 Å². The third-order valence-electron chi connectivity index (χ3n) is 2.93. The van der Waals surface area contributed by atoms with Crippen LogP contribution >= 0.6 is 0 Å². The fourth-order valence-corrected chi connectivity index (χ4v) is 1.88. The fraction of sp³-hybridized carbons (Fsp3) is 0.571. The van der Waals surface area contributed by atoms with Crippen LogP contribution in [0.5, 0.6) is 11.5 Å². The van der Waals surface area contributed by atoms with Crippen LogP contribution in [0.2, 0.25) is 0 Å². The molecule has 0 radical (unpaired) electrons. The molecule has 0 saturated carbocycles. The molecule has 0 aliphatic heterocycles. The molecule has 0 aliphatic carbocycles. The second-order valence-electron chi connectivity index (χ2n) is 4.69. The van der Waals surface area contributed by atoms with E-state index >= 15 is 0 Å². The molecule has 1 aromatic rings. The highest BCUT2D eigenvalue weighted by atomic mass is 16.6. The number of phenols is 1. The van der Waals surface area contributed by atoms with Crippen LogP contribution in [0.1, 0.15) is 46.0 Å². The zero-order valence-electron chi connectivity index (χ0n) is 11.5. The Morgan fingerprint density at radius 2 is 2.11 bits per heavy atom. The third kappa shape index (κ3) is 5.16. The first-order chi connectivity index (χ1) is 9.04. The highest BCUT2D eigenvalue weighted by Crippen LogP contribution is 2.31. The van der Waals surface area contributed by atoms with Gasteiger partial charge in [-0.1, -0.05) is 26.2 Å². The van der Waals surface area contributed by atoms with Crippen molar-refractivity contribution in [3.8, 4) is 11.5 Å². The van der Waals surface area contributed by atoms with Crippen LogP contribution in [0.3, 0.4) is 0 Å². The van der Waals surface area contributed by atoms with Gasteiger partial charge in [0.05, 0.1) is 17.1 Å². The molecule has 0 heterocycles. The Kier molecular flexibility index (Phi) is 6.12. The number of phenolic OH excluding ortho intramolecular Hbond substituents is 1. The van der Waals surface area contributed by atoms with Crippen molar-refractivity contribution in [2.75, 3.05) is 0 Å². The third-order valence-corrected chi connectivity index (χ3v) is 2.93. The van der Waals surface area contributed by atoms with Crippen molar-refractivity contribution >= 4 is 5.69 Å². The minimum absolute atomic E-state index is 0.0694. The Morgan fingerprint density at radius 3 is 2.74 bits per heavy atom. The molecular formula is C14H21NO4. The van der Waals surface area contributed by atoms with Gasteiger partial charge in [-0.15, -0.1) is 0 Å². The summed E-state index contributed by atoms with van der Waals surface area (Å²) in [7, 11) is 0. The first kappa shape index (κ1) is 15.3. The van der Waals surface area contributed by atoms with Gasteiger partial charge in [0.15, 0.2) is 5.75 Å². The molecule has 0 fully saturated rings. The molecule has 0 saturated heterocycles. The standard InChI is InChI=1S/C14H21NO4/c1-3-4-5-6-7-11(2)19-14-9-8-12(16)10-13(14)15(17)18/h8-11,16H,3-7H2,1-2H3. The maximum atomic E-state index is 10.9. The van der Waals surface area contributed by atoms with E-state index in [2.05, 4.69) is 6.92 Å². The Bertz CT molecular complexity index is 420. The molecular weight excluding hydrogens is 246 g/mol.